The van der Waals surface area contributed by atoms with Crippen LogP contribution in [-0.4, -0.2) is 49.1 Å². The van der Waals surface area contributed by atoms with Gasteiger partial charge in [0, 0.05) is 50.5 Å². The second-order valence-electron chi connectivity index (χ2n) is 6.27. The Morgan fingerprint density at radius 3 is 2.43 bits per heavy atom. The summed E-state index contributed by atoms with van der Waals surface area (Å²) in [7, 11) is 0. The van der Waals surface area contributed by atoms with Gasteiger partial charge >= 0.3 is 0 Å². The molecule has 2 N–H and O–H groups in total. The molecule has 1 aliphatic heterocycles. The van der Waals surface area contributed by atoms with Crippen molar-refractivity contribution in [1.29, 1.82) is 0 Å². The highest BCUT2D eigenvalue weighted by atomic mass is 16.5. The van der Waals surface area contributed by atoms with Crippen LogP contribution in [0.4, 0.5) is 5.69 Å². The standard InChI is InChI=1S/C17H29N3O/c1-4-21-17-6-5-16(18)11-15(17)13-20-9-7-19(8-10-20)12-14(2)3/h5-6,11,14H,4,7-10,12-13,18H2,1-3H3. The van der Waals surface area contributed by atoms with E-state index in [0.717, 1.165) is 50.1 Å². The monoisotopic (exact) mass is 291 g/mol. The summed E-state index contributed by atoms with van der Waals surface area (Å²) < 4.78 is 5.71. The van der Waals surface area contributed by atoms with E-state index < -0.39 is 0 Å². The largest absolute Gasteiger partial charge is 0.494 e. The molecule has 0 saturated carbocycles. The molecular weight excluding hydrogens is 262 g/mol. The number of anilines is 1. The molecule has 1 saturated heterocycles. The lowest BCUT2D eigenvalue weighted by molar-refractivity contribution is 0.116. The van der Waals surface area contributed by atoms with Crippen LogP contribution in [-0.2, 0) is 6.54 Å². The third-order valence-corrected chi connectivity index (χ3v) is 3.87. The maximum Gasteiger partial charge on any atom is 0.123 e. The molecule has 1 aromatic carbocycles. The van der Waals surface area contributed by atoms with Crippen LogP contribution in [0, 0.1) is 5.92 Å². The third kappa shape index (κ3) is 4.90. The molecule has 4 nitrogen and oxygen atoms in total. The van der Waals surface area contributed by atoms with E-state index in [-0.39, 0.29) is 0 Å². The summed E-state index contributed by atoms with van der Waals surface area (Å²) in [4.78, 5) is 5.05. The highest BCUT2D eigenvalue weighted by Crippen LogP contribution is 2.23. The first-order valence-corrected chi connectivity index (χ1v) is 8.04. The number of hydrogen-bond acceptors (Lipinski definition) is 4. The minimum atomic E-state index is 0.694. The highest BCUT2D eigenvalue weighted by molar-refractivity contribution is 5.47. The van der Waals surface area contributed by atoms with Crippen molar-refractivity contribution in [3.8, 4) is 5.75 Å². The number of nitrogens with zero attached hydrogens (tertiary/aromatic N) is 2. The Morgan fingerprint density at radius 1 is 1.14 bits per heavy atom. The van der Waals surface area contributed by atoms with Gasteiger partial charge in [0.15, 0.2) is 0 Å². The van der Waals surface area contributed by atoms with E-state index in [2.05, 4.69) is 23.6 Å². The normalized spacial score (nSPS) is 17.3. The molecule has 0 aliphatic carbocycles. The van der Waals surface area contributed by atoms with Gasteiger partial charge in [0.1, 0.15) is 5.75 Å². The molecule has 0 bridgehead atoms. The first-order chi connectivity index (χ1) is 10.1. The van der Waals surface area contributed by atoms with Crippen LogP contribution in [0.5, 0.6) is 5.75 Å². The Balaban J connectivity index is 1.92. The molecule has 0 radical (unpaired) electrons. The van der Waals surface area contributed by atoms with Gasteiger partial charge in [-0.15, -0.1) is 0 Å². The number of rotatable bonds is 6. The Morgan fingerprint density at radius 2 is 1.81 bits per heavy atom. The Kier molecular flexibility index (Phi) is 5.88. The van der Waals surface area contributed by atoms with Crippen LogP contribution < -0.4 is 10.5 Å². The van der Waals surface area contributed by atoms with Crippen LogP contribution in [0.1, 0.15) is 26.3 Å². The number of nitrogens with two attached hydrogens (primary N) is 1. The van der Waals surface area contributed by atoms with E-state index >= 15 is 0 Å². The van der Waals surface area contributed by atoms with Crippen LogP contribution in [0.25, 0.3) is 0 Å². The van der Waals surface area contributed by atoms with Gasteiger partial charge in [-0.3, -0.25) is 4.90 Å². The summed E-state index contributed by atoms with van der Waals surface area (Å²) >= 11 is 0. The van der Waals surface area contributed by atoms with Crippen LogP contribution in [0.3, 0.4) is 0 Å². The Hall–Kier alpha value is -1.26. The molecule has 0 spiro atoms. The molecule has 4 heteroatoms. The van der Waals surface area contributed by atoms with Crippen LogP contribution in [0.15, 0.2) is 18.2 Å². The lowest BCUT2D eigenvalue weighted by Gasteiger charge is -2.35. The van der Waals surface area contributed by atoms with Crippen molar-refractivity contribution in [2.24, 2.45) is 5.92 Å². The summed E-state index contributed by atoms with van der Waals surface area (Å²) in [5.41, 5.74) is 7.94. The molecule has 118 valence electrons. The zero-order chi connectivity index (χ0) is 15.2. The maximum absolute atomic E-state index is 5.92. The topological polar surface area (TPSA) is 41.7 Å². The second-order valence-corrected chi connectivity index (χ2v) is 6.27. The molecule has 0 unspecified atom stereocenters. The molecule has 1 aromatic rings. The molecule has 1 fully saturated rings. The van der Waals surface area contributed by atoms with Gasteiger partial charge in [0.05, 0.1) is 6.61 Å². The fraction of sp³-hybridized carbons (Fsp3) is 0.647. The third-order valence-electron chi connectivity index (χ3n) is 3.87. The number of nitrogen functional groups attached to an aromatic ring is 1. The van der Waals surface area contributed by atoms with Gasteiger partial charge in [-0.25, -0.2) is 0 Å². The molecule has 0 aromatic heterocycles. The molecule has 2 rings (SSSR count). The predicted molar refractivity (Wildman–Crippen MR) is 88.6 cm³/mol. The maximum atomic E-state index is 5.92. The number of hydrogen-bond donors (Lipinski definition) is 1. The van der Waals surface area contributed by atoms with Crippen molar-refractivity contribution >= 4 is 5.69 Å². The first kappa shape index (κ1) is 16.1. The minimum Gasteiger partial charge on any atom is -0.494 e. The lowest BCUT2D eigenvalue weighted by atomic mass is 10.1. The average Bonchev–Trinajstić information content (AvgIpc) is 2.43. The summed E-state index contributed by atoms with van der Waals surface area (Å²) in [5.74, 6) is 1.71. The van der Waals surface area contributed by atoms with E-state index in [1.54, 1.807) is 0 Å². The fourth-order valence-corrected chi connectivity index (χ4v) is 2.91. The molecule has 0 atom stereocenters. The number of ether oxygens (including phenoxy) is 1. The van der Waals surface area contributed by atoms with Gasteiger partial charge in [0.2, 0.25) is 0 Å². The number of piperazine rings is 1. The smallest absolute Gasteiger partial charge is 0.123 e. The van der Waals surface area contributed by atoms with Gasteiger partial charge in [-0.2, -0.15) is 0 Å². The van der Waals surface area contributed by atoms with E-state index in [0.29, 0.717) is 6.61 Å². The first-order valence-electron chi connectivity index (χ1n) is 8.04. The molecular formula is C17H29N3O. The van der Waals surface area contributed by atoms with Crippen LogP contribution in [0.2, 0.25) is 0 Å². The molecule has 1 heterocycles. The van der Waals surface area contributed by atoms with Crippen molar-refractivity contribution in [3.63, 3.8) is 0 Å². The molecule has 1 aliphatic rings. The summed E-state index contributed by atoms with van der Waals surface area (Å²) in [6.07, 6.45) is 0. The number of benzene rings is 1. The van der Waals surface area contributed by atoms with E-state index in [9.17, 15) is 0 Å². The van der Waals surface area contributed by atoms with Crippen molar-refractivity contribution in [3.05, 3.63) is 23.8 Å². The van der Waals surface area contributed by atoms with E-state index in [4.69, 9.17) is 10.5 Å². The second kappa shape index (κ2) is 7.66. The van der Waals surface area contributed by atoms with Gasteiger partial charge in [-0.1, -0.05) is 13.8 Å². The lowest BCUT2D eigenvalue weighted by Crippen LogP contribution is -2.46. The highest BCUT2D eigenvalue weighted by Gasteiger charge is 2.18. The quantitative estimate of drug-likeness (QED) is 0.818. The predicted octanol–water partition coefficient (Wildman–Crippen LogP) is 2.44. The zero-order valence-electron chi connectivity index (χ0n) is 13.6. The Labute approximate surface area is 128 Å². The summed E-state index contributed by atoms with van der Waals surface area (Å²) in [5, 5.41) is 0. The van der Waals surface area contributed by atoms with E-state index in [1.165, 1.54) is 12.1 Å². The van der Waals surface area contributed by atoms with Crippen molar-refractivity contribution in [2.75, 3.05) is 45.1 Å². The average molecular weight is 291 g/mol. The van der Waals surface area contributed by atoms with Crippen LogP contribution >= 0.6 is 0 Å². The Bertz CT molecular complexity index is 440. The van der Waals surface area contributed by atoms with Gasteiger partial charge in [-0.05, 0) is 31.0 Å². The van der Waals surface area contributed by atoms with Crippen molar-refractivity contribution < 1.29 is 4.74 Å². The van der Waals surface area contributed by atoms with Crippen molar-refractivity contribution in [1.82, 2.24) is 9.80 Å². The SMILES string of the molecule is CCOc1ccc(N)cc1CN1CCN(CC(C)C)CC1. The molecule has 0 amide bonds. The van der Waals surface area contributed by atoms with Gasteiger partial charge in [0.25, 0.3) is 0 Å². The summed E-state index contributed by atoms with van der Waals surface area (Å²) in [6, 6.07) is 5.95. The van der Waals surface area contributed by atoms with Gasteiger partial charge < -0.3 is 15.4 Å². The molecule has 21 heavy (non-hydrogen) atoms. The fourth-order valence-electron chi connectivity index (χ4n) is 2.91. The zero-order valence-corrected chi connectivity index (χ0v) is 13.6. The van der Waals surface area contributed by atoms with E-state index in [1.807, 2.05) is 25.1 Å². The van der Waals surface area contributed by atoms with Crippen molar-refractivity contribution in [2.45, 2.75) is 27.3 Å². The summed E-state index contributed by atoms with van der Waals surface area (Å²) in [6.45, 7) is 14.0. The minimum absolute atomic E-state index is 0.694.